The predicted octanol–water partition coefficient (Wildman–Crippen LogP) is 1.77. The quantitative estimate of drug-likeness (QED) is 0.913. The van der Waals surface area contributed by atoms with Crippen molar-refractivity contribution in [2.75, 3.05) is 0 Å². The van der Waals surface area contributed by atoms with Gasteiger partial charge in [-0.15, -0.1) is 0 Å². The molecule has 1 fully saturated rings. The minimum absolute atomic E-state index is 0.0870. The second-order valence-corrected chi connectivity index (χ2v) is 7.23. The molecule has 0 amide bonds. The van der Waals surface area contributed by atoms with Crippen LogP contribution in [0.3, 0.4) is 0 Å². The number of aromatic amines is 1. The van der Waals surface area contributed by atoms with E-state index < -0.39 is 10.0 Å². The lowest BCUT2D eigenvalue weighted by Crippen LogP contribution is -2.33. The highest BCUT2D eigenvalue weighted by Gasteiger charge is 2.40. The summed E-state index contributed by atoms with van der Waals surface area (Å²) in [6, 6.07) is 3.80. The first-order chi connectivity index (χ1) is 10.00. The number of pyridine rings is 1. The van der Waals surface area contributed by atoms with Crippen LogP contribution in [0.2, 0.25) is 0 Å². The highest BCUT2D eigenvalue weighted by molar-refractivity contribution is 7.89. The van der Waals surface area contributed by atoms with Crippen LogP contribution in [0, 0.1) is 13.8 Å². The third kappa shape index (κ3) is 2.71. The topological polar surface area (TPSA) is 79.0 Å². The molecule has 1 saturated carbocycles. The van der Waals surface area contributed by atoms with E-state index in [9.17, 15) is 8.42 Å². The monoisotopic (exact) mass is 306 g/mol. The van der Waals surface area contributed by atoms with Crippen LogP contribution in [0.1, 0.15) is 29.8 Å². The maximum Gasteiger partial charge on any atom is 0.247 e. The Morgan fingerprint density at radius 2 is 2.14 bits per heavy atom. The van der Waals surface area contributed by atoms with Gasteiger partial charge >= 0.3 is 0 Å². The summed E-state index contributed by atoms with van der Waals surface area (Å²) in [5.41, 5.74) is 2.00. The number of sulfonamides is 1. The van der Waals surface area contributed by atoms with Crippen LogP contribution in [0.25, 0.3) is 0 Å². The van der Waals surface area contributed by atoms with Crippen LogP contribution in [-0.2, 0) is 16.6 Å². The predicted molar refractivity (Wildman–Crippen MR) is 78.0 cm³/mol. The van der Waals surface area contributed by atoms with Crippen LogP contribution in [0.5, 0.6) is 0 Å². The zero-order valence-corrected chi connectivity index (χ0v) is 12.9. The molecule has 112 valence electrons. The number of hydrogen-bond acceptors (Lipinski definition) is 4. The number of nitrogens with zero attached hydrogens (tertiary/aromatic N) is 3. The fourth-order valence-electron chi connectivity index (χ4n) is 2.48. The van der Waals surface area contributed by atoms with Crippen molar-refractivity contribution >= 4 is 10.0 Å². The minimum atomic E-state index is -3.54. The molecule has 0 bridgehead atoms. The molecule has 1 N–H and O–H groups in total. The average molecular weight is 306 g/mol. The van der Waals surface area contributed by atoms with E-state index in [1.54, 1.807) is 30.5 Å². The average Bonchev–Trinajstić information content (AvgIpc) is 3.22. The summed E-state index contributed by atoms with van der Waals surface area (Å²) >= 11 is 0. The Morgan fingerprint density at radius 1 is 1.38 bits per heavy atom. The van der Waals surface area contributed by atoms with E-state index in [1.165, 1.54) is 0 Å². The van der Waals surface area contributed by atoms with Crippen LogP contribution in [0.15, 0.2) is 29.4 Å². The first-order valence-corrected chi connectivity index (χ1v) is 8.36. The summed E-state index contributed by atoms with van der Waals surface area (Å²) in [6.45, 7) is 3.80. The molecule has 1 aliphatic rings. The van der Waals surface area contributed by atoms with E-state index in [-0.39, 0.29) is 6.04 Å². The third-order valence-electron chi connectivity index (χ3n) is 3.64. The SMILES string of the molecule is Cc1n[nH]c(C)c1S(=O)(=O)N(Cc1cccnc1)C1CC1. The fraction of sp³-hybridized carbons (Fsp3) is 0.429. The molecule has 21 heavy (non-hydrogen) atoms. The summed E-state index contributed by atoms with van der Waals surface area (Å²) in [7, 11) is -3.54. The van der Waals surface area contributed by atoms with Gasteiger partial charge in [0.1, 0.15) is 4.90 Å². The Morgan fingerprint density at radius 3 is 2.67 bits per heavy atom. The molecule has 0 aliphatic heterocycles. The Kier molecular flexibility index (Phi) is 3.54. The molecular weight excluding hydrogens is 288 g/mol. The third-order valence-corrected chi connectivity index (χ3v) is 5.80. The highest BCUT2D eigenvalue weighted by atomic mass is 32.2. The summed E-state index contributed by atoms with van der Waals surface area (Å²) in [5, 5.41) is 6.76. The van der Waals surface area contributed by atoms with Gasteiger partial charge in [-0.1, -0.05) is 6.07 Å². The molecule has 1 aliphatic carbocycles. The number of rotatable bonds is 5. The van der Waals surface area contributed by atoms with Gasteiger partial charge in [0.25, 0.3) is 0 Å². The van der Waals surface area contributed by atoms with Crippen molar-refractivity contribution in [1.82, 2.24) is 19.5 Å². The zero-order chi connectivity index (χ0) is 15.0. The van der Waals surface area contributed by atoms with E-state index in [1.807, 2.05) is 12.1 Å². The summed E-state index contributed by atoms with van der Waals surface area (Å²) in [6.07, 6.45) is 5.22. The number of aromatic nitrogens is 3. The maximum atomic E-state index is 13.0. The molecule has 0 atom stereocenters. The molecule has 0 aromatic carbocycles. The van der Waals surface area contributed by atoms with Gasteiger partial charge in [-0.25, -0.2) is 8.42 Å². The van der Waals surface area contributed by atoms with Crippen molar-refractivity contribution in [3.8, 4) is 0 Å². The lowest BCUT2D eigenvalue weighted by atomic mass is 10.3. The Hall–Kier alpha value is -1.73. The van der Waals surface area contributed by atoms with Gasteiger partial charge in [0.15, 0.2) is 0 Å². The molecule has 7 heteroatoms. The Balaban J connectivity index is 1.97. The second kappa shape index (κ2) is 5.23. The van der Waals surface area contributed by atoms with E-state index >= 15 is 0 Å². The lowest BCUT2D eigenvalue weighted by molar-refractivity contribution is 0.397. The van der Waals surface area contributed by atoms with Gasteiger partial charge in [0.05, 0.1) is 11.4 Å². The van der Waals surface area contributed by atoms with Crippen LogP contribution < -0.4 is 0 Å². The first-order valence-electron chi connectivity index (χ1n) is 6.92. The van der Waals surface area contributed by atoms with Gasteiger partial charge in [-0.05, 0) is 38.3 Å². The van der Waals surface area contributed by atoms with Crippen molar-refractivity contribution in [2.45, 2.75) is 44.2 Å². The summed E-state index contributed by atoms with van der Waals surface area (Å²) in [4.78, 5) is 4.36. The maximum absolute atomic E-state index is 13.0. The van der Waals surface area contributed by atoms with E-state index in [2.05, 4.69) is 15.2 Å². The molecule has 0 unspecified atom stereocenters. The van der Waals surface area contributed by atoms with Crippen molar-refractivity contribution < 1.29 is 8.42 Å². The molecule has 2 aromatic rings. The van der Waals surface area contributed by atoms with Crippen molar-refractivity contribution in [1.29, 1.82) is 0 Å². The fourth-order valence-corrected chi connectivity index (χ4v) is 4.49. The number of nitrogens with one attached hydrogen (secondary N) is 1. The molecule has 6 nitrogen and oxygen atoms in total. The molecule has 0 radical (unpaired) electrons. The van der Waals surface area contributed by atoms with Crippen molar-refractivity contribution in [3.05, 3.63) is 41.5 Å². The largest absolute Gasteiger partial charge is 0.281 e. The Labute approximate surface area is 124 Å². The number of hydrogen-bond donors (Lipinski definition) is 1. The van der Waals surface area contributed by atoms with Crippen LogP contribution >= 0.6 is 0 Å². The van der Waals surface area contributed by atoms with Gasteiger partial charge < -0.3 is 0 Å². The van der Waals surface area contributed by atoms with E-state index in [4.69, 9.17) is 0 Å². The zero-order valence-electron chi connectivity index (χ0n) is 12.1. The van der Waals surface area contributed by atoms with Crippen LogP contribution in [0.4, 0.5) is 0 Å². The molecule has 2 aromatic heterocycles. The molecule has 0 spiro atoms. The van der Waals surface area contributed by atoms with E-state index in [0.29, 0.717) is 22.8 Å². The smallest absolute Gasteiger partial charge is 0.247 e. The summed E-state index contributed by atoms with van der Waals surface area (Å²) < 4.78 is 27.5. The normalized spacial score (nSPS) is 15.6. The first kappa shape index (κ1) is 14.2. The van der Waals surface area contributed by atoms with Gasteiger partial charge in [-0.2, -0.15) is 9.40 Å². The molecule has 2 heterocycles. The Bertz CT molecular complexity index is 716. The molecule has 3 rings (SSSR count). The van der Waals surface area contributed by atoms with Gasteiger partial charge in [-0.3, -0.25) is 10.1 Å². The summed E-state index contributed by atoms with van der Waals surface area (Å²) in [5.74, 6) is 0. The van der Waals surface area contributed by atoms with E-state index in [0.717, 1.165) is 18.4 Å². The number of H-pyrrole nitrogens is 1. The number of aryl methyl sites for hydroxylation is 2. The second-order valence-electron chi connectivity index (χ2n) is 5.41. The lowest BCUT2D eigenvalue weighted by Gasteiger charge is -2.22. The van der Waals surface area contributed by atoms with Gasteiger partial charge in [0, 0.05) is 25.0 Å². The molecular formula is C14H18N4O2S. The standard InChI is InChI=1S/C14H18N4O2S/c1-10-14(11(2)17-16-10)21(19,20)18(13-5-6-13)9-12-4-3-7-15-8-12/h3-4,7-8,13H,5-6,9H2,1-2H3,(H,16,17). The highest BCUT2D eigenvalue weighted by Crippen LogP contribution is 2.34. The minimum Gasteiger partial charge on any atom is -0.281 e. The van der Waals surface area contributed by atoms with Crippen molar-refractivity contribution in [3.63, 3.8) is 0 Å². The molecule has 0 saturated heterocycles. The van der Waals surface area contributed by atoms with Crippen LogP contribution in [-0.4, -0.2) is 33.9 Å². The van der Waals surface area contributed by atoms with Crippen molar-refractivity contribution in [2.24, 2.45) is 0 Å². The van der Waals surface area contributed by atoms with Gasteiger partial charge in [0.2, 0.25) is 10.0 Å².